The van der Waals surface area contributed by atoms with Gasteiger partial charge in [-0.3, -0.25) is 0 Å². The van der Waals surface area contributed by atoms with Gasteiger partial charge in [0.2, 0.25) is 0 Å². The zero-order chi connectivity index (χ0) is 17.7. The van der Waals surface area contributed by atoms with Gasteiger partial charge in [0.1, 0.15) is 18.0 Å². The fourth-order valence-corrected chi connectivity index (χ4v) is 2.12. The summed E-state index contributed by atoms with van der Waals surface area (Å²) in [6.45, 7) is 1.50. The van der Waals surface area contributed by atoms with Crippen LogP contribution in [0.3, 0.4) is 0 Å². The third-order valence-corrected chi connectivity index (χ3v) is 3.41. The van der Waals surface area contributed by atoms with Gasteiger partial charge in [0, 0.05) is 24.8 Å². The van der Waals surface area contributed by atoms with Crippen LogP contribution in [0.15, 0.2) is 30.6 Å². The Morgan fingerprint density at radius 1 is 1.12 bits per heavy atom. The molecule has 2 rings (SSSR count). The Hall–Kier alpha value is -2.06. The molecule has 0 bridgehead atoms. The average molecular weight is 360 g/mol. The maximum absolute atomic E-state index is 12.9. The summed E-state index contributed by atoms with van der Waals surface area (Å²) in [5, 5.41) is 5.59. The van der Waals surface area contributed by atoms with E-state index >= 15 is 0 Å². The topological polar surface area (TPSA) is 53.1 Å². The average Bonchev–Trinajstić information content (AvgIpc) is 2.48. The van der Waals surface area contributed by atoms with Crippen LogP contribution in [0.25, 0.3) is 0 Å². The molecule has 0 saturated heterocycles. The summed E-state index contributed by atoms with van der Waals surface area (Å²) in [6, 6.07) is 5.23. The van der Waals surface area contributed by atoms with E-state index in [1.807, 2.05) is 19.0 Å². The van der Waals surface area contributed by atoms with E-state index in [9.17, 15) is 13.2 Å². The van der Waals surface area contributed by atoms with Crippen molar-refractivity contribution in [3.05, 3.63) is 41.2 Å². The van der Waals surface area contributed by atoms with Gasteiger partial charge >= 0.3 is 6.18 Å². The fourth-order valence-electron chi connectivity index (χ4n) is 1.90. The molecule has 0 aliphatic carbocycles. The van der Waals surface area contributed by atoms with Gasteiger partial charge in [-0.25, -0.2) is 9.97 Å². The molecule has 24 heavy (non-hydrogen) atoms. The maximum atomic E-state index is 12.9. The minimum absolute atomic E-state index is 0.240. The van der Waals surface area contributed by atoms with Crippen molar-refractivity contribution in [1.29, 1.82) is 0 Å². The van der Waals surface area contributed by atoms with Gasteiger partial charge in [-0.15, -0.1) is 0 Å². The molecule has 0 saturated carbocycles. The van der Waals surface area contributed by atoms with E-state index in [0.717, 1.165) is 12.6 Å². The first-order valence-electron chi connectivity index (χ1n) is 7.10. The molecule has 1 aromatic heterocycles. The summed E-state index contributed by atoms with van der Waals surface area (Å²) in [4.78, 5) is 10.1. The highest BCUT2D eigenvalue weighted by Crippen LogP contribution is 2.36. The number of aromatic nitrogens is 2. The standard InChI is InChI=1S/C15H17ClF3N5/c1-24(2)6-5-20-13-8-14(22-9-21-13)23-10-3-4-12(16)11(7-10)15(17,18)19/h3-4,7-9H,5-6H2,1-2H3,(H2,20,21,22,23). The Balaban J connectivity index is 2.11. The predicted octanol–water partition coefficient (Wildman–Crippen LogP) is 3.87. The van der Waals surface area contributed by atoms with Gasteiger partial charge in [0.25, 0.3) is 0 Å². The molecule has 0 unspecified atom stereocenters. The second kappa shape index (κ2) is 7.67. The third kappa shape index (κ3) is 5.24. The third-order valence-electron chi connectivity index (χ3n) is 3.08. The van der Waals surface area contributed by atoms with Gasteiger partial charge in [-0.1, -0.05) is 11.6 Å². The van der Waals surface area contributed by atoms with E-state index in [1.54, 1.807) is 6.07 Å². The van der Waals surface area contributed by atoms with Crippen LogP contribution in [-0.4, -0.2) is 42.1 Å². The molecular formula is C15H17ClF3N5. The molecular weight excluding hydrogens is 343 g/mol. The maximum Gasteiger partial charge on any atom is 0.417 e. The molecule has 0 radical (unpaired) electrons. The van der Waals surface area contributed by atoms with Crippen molar-refractivity contribution in [2.45, 2.75) is 6.18 Å². The number of halogens is 4. The summed E-state index contributed by atoms with van der Waals surface area (Å²) in [6.07, 6.45) is -3.18. The van der Waals surface area contributed by atoms with Crippen LogP contribution in [0.1, 0.15) is 5.56 Å². The van der Waals surface area contributed by atoms with Gasteiger partial charge in [0.15, 0.2) is 0 Å². The van der Waals surface area contributed by atoms with Crippen molar-refractivity contribution in [3.8, 4) is 0 Å². The van der Waals surface area contributed by atoms with Crippen molar-refractivity contribution in [3.63, 3.8) is 0 Å². The number of nitrogens with zero attached hydrogens (tertiary/aromatic N) is 3. The highest BCUT2D eigenvalue weighted by atomic mass is 35.5. The lowest BCUT2D eigenvalue weighted by molar-refractivity contribution is -0.137. The Morgan fingerprint density at radius 3 is 2.50 bits per heavy atom. The molecule has 0 aliphatic heterocycles. The van der Waals surface area contributed by atoms with E-state index in [1.165, 1.54) is 18.5 Å². The molecule has 1 aromatic carbocycles. The fraction of sp³-hybridized carbons (Fsp3) is 0.333. The zero-order valence-corrected chi connectivity index (χ0v) is 13.9. The number of rotatable bonds is 6. The number of benzene rings is 1. The second-order valence-corrected chi connectivity index (χ2v) is 5.74. The van der Waals surface area contributed by atoms with Crippen molar-refractivity contribution < 1.29 is 13.2 Å². The minimum atomic E-state index is -4.51. The lowest BCUT2D eigenvalue weighted by Crippen LogP contribution is -2.21. The Bertz CT molecular complexity index is 691. The van der Waals surface area contributed by atoms with Crippen LogP contribution >= 0.6 is 11.6 Å². The molecule has 9 heteroatoms. The number of hydrogen-bond acceptors (Lipinski definition) is 5. The normalized spacial score (nSPS) is 11.6. The highest BCUT2D eigenvalue weighted by Gasteiger charge is 2.33. The largest absolute Gasteiger partial charge is 0.417 e. The van der Waals surface area contributed by atoms with Crippen LogP contribution < -0.4 is 10.6 Å². The zero-order valence-electron chi connectivity index (χ0n) is 13.2. The number of anilines is 3. The lowest BCUT2D eigenvalue weighted by atomic mass is 10.2. The number of nitrogens with one attached hydrogen (secondary N) is 2. The summed E-state index contributed by atoms with van der Waals surface area (Å²) < 4.78 is 38.7. The van der Waals surface area contributed by atoms with E-state index in [2.05, 4.69) is 20.6 Å². The van der Waals surface area contributed by atoms with Gasteiger partial charge in [-0.05, 0) is 32.3 Å². The quantitative estimate of drug-likeness (QED) is 0.820. The molecule has 2 aromatic rings. The van der Waals surface area contributed by atoms with Crippen LogP contribution in [0.5, 0.6) is 0 Å². The Morgan fingerprint density at radius 2 is 1.83 bits per heavy atom. The van der Waals surface area contributed by atoms with Crippen molar-refractivity contribution in [2.75, 3.05) is 37.8 Å². The smallest absolute Gasteiger partial charge is 0.369 e. The minimum Gasteiger partial charge on any atom is -0.369 e. The molecule has 1 heterocycles. The molecule has 0 aliphatic rings. The number of alkyl halides is 3. The molecule has 2 N–H and O–H groups in total. The van der Waals surface area contributed by atoms with Crippen LogP contribution in [0, 0.1) is 0 Å². The summed E-state index contributed by atoms with van der Waals surface area (Å²) >= 11 is 5.60. The first-order valence-corrected chi connectivity index (χ1v) is 7.48. The van der Waals surface area contributed by atoms with Crippen LogP contribution in [0.2, 0.25) is 5.02 Å². The van der Waals surface area contributed by atoms with E-state index < -0.39 is 11.7 Å². The summed E-state index contributed by atoms with van der Waals surface area (Å²) in [5.41, 5.74) is -0.655. The molecule has 0 fully saturated rings. The first kappa shape index (κ1) is 18.3. The number of hydrogen-bond donors (Lipinski definition) is 2. The van der Waals surface area contributed by atoms with Crippen molar-refractivity contribution in [2.24, 2.45) is 0 Å². The molecule has 0 amide bonds. The number of likely N-dealkylation sites (N-methyl/N-ethyl adjacent to an activating group) is 1. The highest BCUT2D eigenvalue weighted by molar-refractivity contribution is 6.31. The summed E-state index contributed by atoms with van der Waals surface area (Å²) in [7, 11) is 3.90. The van der Waals surface area contributed by atoms with E-state index in [0.29, 0.717) is 18.2 Å². The lowest BCUT2D eigenvalue weighted by Gasteiger charge is -2.13. The van der Waals surface area contributed by atoms with Crippen LogP contribution in [-0.2, 0) is 6.18 Å². The second-order valence-electron chi connectivity index (χ2n) is 5.34. The Kier molecular flexibility index (Phi) is 5.84. The van der Waals surface area contributed by atoms with Crippen molar-refractivity contribution >= 4 is 28.9 Å². The van der Waals surface area contributed by atoms with Gasteiger partial charge in [-0.2, -0.15) is 13.2 Å². The molecule has 130 valence electrons. The Labute approximate surface area is 142 Å². The first-order chi connectivity index (χ1) is 11.3. The van der Waals surface area contributed by atoms with Gasteiger partial charge < -0.3 is 15.5 Å². The molecule has 5 nitrogen and oxygen atoms in total. The van der Waals surface area contributed by atoms with E-state index in [-0.39, 0.29) is 10.7 Å². The van der Waals surface area contributed by atoms with Crippen LogP contribution in [0.4, 0.5) is 30.5 Å². The molecule has 0 spiro atoms. The van der Waals surface area contributed by atoms with Crippen molar-refractivity contribution in [1.82, 2.24) is 14.9 Å². The monoisotopic (exact) mass is 359 g/mol. The summed E-state index contributed by atoms with van der Waals surface area (Å²) in [5.74, 6) is 0.965. The SMILES string of the molecule is CN(C)CCNc1cc(Nc2ccc(Cl)c(C(F)(F)F)c2)ncn1. The van der Waals surface area contributed by atoms with Gasteiger partial charge in [0.05, 0.1) is 10.6 Å². The molecule has 0 atom stereocenters. The van der Waals surface area contributed by atoms with E-state index in [4.69, 9.17) is 11.6 Å². The predicted molar refractivity (Wildman–Crippen MR) is 88.8 cm³/mol.